The first-order valence-corrected chi connectivity index (χ1v) is 7.92. The van der Waals surface area contributed by atoms with E-state index in [4.69, 9.17) is 0 Å². The van der Waals surface area contributed by atoms with E-state index in [0.717, 1.165) is 36.0 Å². The SMILES string of the molecule is CCCNc1nc(C(C)C)nc(NC(C)CC(C)O)c1C. The van der Waals surface area contributed by atoms with E-state index in [1.54, 1.807) is 6.92 Å². The van der Waals surface area contributed by atoms with Gasteiger partial charge in [0.1, 0.15) is 17.5 Å². The molecule has 5 heteroatoms. The Hall–Kier alpha value is -1.36. The van der Waals surface area contributed by atoms with Crippen molar-refractivity contribution in [2.24, 2.45) is 0 Å². The summed E-state index contributed by atoms with van der Waals surface area (Å²) in [5.41, 5.74) is 1.03. The van der Waals surface area contributed by atoms with Gasteiger partial charge < -0.3 is 15.7 Å². The summed E-state index contributed by atoms with van der Waals surface area (Å²) in [6, 6.07) is 0.164. The zero-order valence-electron chi connectivity index (χ0n) is 14.2. The molecule has 1 aromatic rings. The summed E-state index contributed by atoms with van der Waals surface area (Å²) in [7, 11) is 0. The van der Waals surface area contributed by atoms with Gasteiger partial charge in [-0.15, -0.1) is 0 Å². The van der Waals surface area contributed by atoms with Gasteiger partial charge in [-0.2, -0.15) is 0 Å². The van der Waals surface area contributed by atoms with E-state index in [0.29, 0.717) is 6.42 Å². The van der Waals surface area contributed by atoms with Crippen LogP contribution < -0.4 is 10.6 Å². The van der Waals surface area contributed by atoms with E-state index in [-0.39, 0.29) is 18.1 Å². The van der Waals surface area contributed by atoms with Crippen LogP contribution in [0.2, 0.25) is 0 Å². The molecule has 2 atom stereocenters. The van der Waals surface area contributed by atoms with E-state index in [2.05, 4.69) is 48.3 Å². The summed E-state index contributed by atoms with van der Waals surface area (Å²) in [4.78, 5) is 9.27. The Labute approximate surface area is 128 Å². The van der Waals surface area contributed by atoms with Crippen LogP contribution >= 0.6 is 0 Å². The second-order valence-electron chi connectivity index (χ2n) is 6.12. The third-order valence-electron chi connectivity index (χ3n) is 3.30. The maximum atomic E-state index is 9.50. The maximum Gasteiger partial charge on any atom is 0.135 e. The van der Waals surface area contributed by atoms with Crippen LogP contribution in [0, 0.1) is 6.92 Å². The van der Waals surface area contributed by atoms with Crippen molar-refractivity contribution in [3.8, 4) is 0 Å². The van der Waals surface area contributed by atoms with Crippen molar-refractivity contribution in [2.45, 2.75) is 72.4 Å². The van der Waals surface area contributed by atoms with Gasteiger partial charge in [-0.3, -0.25) is 0 Å². The molecule has 0 spiro atoms. The van der Waals surface area contributed by atoms with Crippen LogP contribution in [0.25, 0.3) is 0 Å². The molecule has 0 bridgehead atoms. The first-order valence-electron chi connectivity index (χ1n) is 7.92. The second kappa shape index (κ2) is 8.17. The van der Waals surface area contributed by atoms with Gasteiger partial charge in [0.05, 0.1) is 6.10 Å². The lowest BCUT2D eigenvalue weighted by Crippen LogP contribution is -2.23. The van der Waals surface area contributed by atoms with Crippen molar-refractivity contribution < 1.29 is 5.11 Å². The van der Waals surface area contributed by atoms with Crippen LogP contribution in [0.1, 0.15) is 64.8 Å². The number of nitrogens with zero attached hydrogens (tertiary/aromatic N) is 2. The molecule has 0 aliphatic rings. The number of rotatable bonds is 8. The van der Waals surface area contributed by atoms with E-state index >= 15 is 0 Å². The Morgan fingerprint density at radius 1 is 1.10 bits per heavy atom. The molecular weight excluding hydrogens is 264 g/mol. The van der Waals surface area contributed by atoms with Gasteiger partial charge in [-0.05, 0) is 33.6 Å². The molecule has 1 heterocycles. The first-order chi connectivity index (χ1) is 9.85. The smallest absolute Gasteiger partial charge is 0.135 e. The monoisotopic (exact) mass is 294 g/mol. The van der Waals surface area contributed by atoms with Crippen molar-refractivity contribution in [3.63, 3.8) is 0 Å². The fraction of sp³-hybridized carbons (Fsp3) is 0.750. The lowest BCUT2D eigenvalue weighted by atomic mass is 10.1. The molecule has 0 aromatic carbocycles. The third kappa shape index (κ3) is 5.50. The molecule has 3 N–H and O–H groups in total. The van der Waals surface area contributed by atoms with Gasteiger partial charge in [0.2, 0.25) is 0 Å². The van der Waals surface area contributed by atoms with Crippen LogP contribution in [-0.4, -0.2) is 33.8 Å². The summed E-state index contributed by atoms with van der Waals surface area (Å²) in [6.07, 6.45) is 1.43. The minimum Gasteiger partial charge on any atom is -0.393 e. The molecule has 0 amide bonds. The average molecular weight is 294 g/mol. The summed E-state index contributed by atoms with van der Waals surface area (Å²) >= 11 is 0. The fourth-order valence-corrected chi connectivity index (χ4v) is 2.15. The van der Waals surface area contributed by atoms with Gasteiger partial charge in [-0.1, -0.05) is 20.8 Å². The zero-order valence-corrected chi connectivity index (χ0v) is 14.2. The standard InChI is InChI=1S/C16H30N4O/c1-7-8-17-15-13(6)16(18-11(4)9-12(5)21)20-14(19-15)10(2)3/h10-12,21H,7-9H2,1-6H3,(H2,17,18,19,20). The summed E-state index contributed by atoms with van der Waals surface area (Å²) in [6.45, 7) is 13.1. The Morgan fingerprint density at radius 3 is 2.24 bits per heavy atom. The number of anilines is 2. The van der Waals surface area contributed by atoms with Crippen molar-refractivity contribution in [1.82, 2.24) is 9.97 Å². The van der Waals surface area contributed by atoms with E-state index in [1.165, 1.54) is 0 Å². The fourth-order valence-electron chi connectivity index (χ4n) is 2.15. The van der Waals surface area contributed by atoms with E-state index in [9.17, 15) is 5.11 Å². The van der Waals surface area contributed by atoms with Gasteiger partial charge in [0, 0.05) is 24.1 Å². The van der Waals surface area contributed by atoms with Crippen LogP contribution in [0.5, 0.6) is 0 Å². The highest BCUT2D eigenvalue weighted by Gasteiger charge is 2.15. The largest absolute Gasteiger partial charge is 0.393 e. The molecule has 0 aliphatic carbocycles. The number of aliphatic hydroxyl groups excluding tert-OH is 1. The normalized spacial score (nSPS) is 14.1. The number of hydrogen-bond donors (Lipinski definition) is 3. The highest BCUT2D eigenvalue weighted by molar-refractivity contribution is 5.57. The lowest BCUT2D eigenvalue weighted by Gasteiger charge is -2.20. The predicted molar refractivity (Wildman–Crippen MR) is 89.0 cm³/mol. The van der Waals surface area contributed by atoms with Gasteiger partial charge in [0.25, 0.3) is 0 Å². The Morgan fingerprint density at radius 2 is 1.71 bits per heavy atom. The third-order valence-corrected chi connectivity index (χ3v) is 3.30. The maximum absolute atomic E-state index is 9.50. The highest BCUT2D eigenvalue weighted by atomic mass is 16.3. The molecule has 0 aliphatic heterocycles. The molecule has 0 saturated heterocycles. The molecule has 21 heavy (non-hydrogen) atoms. The van der Waals surface area contributed by atoms with Crippen LogP contribution in [0.4, 0.5) is 11.6 Å². The van der Waals surface area contributed by atoms with Gasteiger partial charge >= 0.3 is 0 Å². The van der Waals surface area contributed by atoms with Crippen LogP contribution in [0.15, 0.2) is 0 Å². The topological polar surface area (TPSA) is 70.1 Å². The molecule has 2 unspecified atom stereocenters. The van der Waals surface area contributed by atoms with Crippen LogP contribution in [-0.2, 0) is 0 Å². The molecule has 1 aromatic heterocycles. The summed E-state index contributed by atoms with van der Waals surface area (Å²) in [5.74, 6) is 2.88. The molecule has 120 valence electrons. The molecule has 0 fully saturated rings. The van der Waals surface area contributed by atoms with Crippen molar-refractivity contribution in [2.75, 3.05) is 17.2 Å². The van der Waals surface area contributed by atoms with E-state index < -0.39 is 0 Å². The lowest BCUT2D eigenvalue weighted by molar-refractivity contribution is 0.179. The zero-order chi connectivity index (χ0) is 16.0. The van der Waals surface area contributed by atoms with Gasteiger partial charge in [0.15, 0.2) is 0 Å². The number of aromatic nitrogens is 2. The quantitative estimate of drug-likeness (QED) is 0.686. The minimum atomic E-state index is -0.322. The van der Waals surface area contributed by atoms with Gasteiger partial charge in [-0.25, -0.2) is 9.97 Å². The summed E-state index contributed by atoms with van der Waals surface area (Å²) in [5, 5.41) is 16.3. The minimum absolute atomic E-state index is 0.164. The molecule has 1 rings (SSSR count). The Bertz CT molecular complexity index is 446. The van der Waals surface area contributed by atoms with Crippen LogP contribution in [0.3, 0.4) is 0 Å². The number of aliphatic hydroxyl groups is 1. The first kappa shape index (κ1) is 17.7. The average Bonchev–Trinajstić information content (AvgIpc) is 2.38. The summed E-state index contributed by atoms with van der Waals surface area (Å²) < 4.78 is 0. The van der Waals surface area contributed by atoms with Crippen molar-refractivity contribution in [3.05, 3.63) is 11.4 Å². The van der Waals surface area contributed by atoms with E-state index in [1.807, 2.05) is 6.92 Å². The Balaban J connectivity index is 3.02. The molecular formula is C16H30N4O. The number of nitrogens with one attached hydrogen (secondary N) is 2. The number of hydrogen-bond acceptors (Lipinski definition) is 5. The predicted octanol–water partition coefficient (Wildman–Crippen LogP) is 3.30. The Kier molecular flexibility index (Phi) is 6.89. The second-order valence-corrected chi connectivity index (χ2v) is 6.12. The molecule has 0 radical (unpaired) electrons. The van der Waals surface area contributed by atoms with Crippen molar-refractivity contribution in [1.29, 1.82) is 0 Å². The highest BCUT2D eigenvalue weighted by Crippen LogP contribution is 2.24. The molecule has 0 saturated carbocycles. The molecule has 5 nitrogen and oxygen atoms in total. The van der Waals surface area contributed by atoms with Crippen molar-refractivity contribution >= 4 is 11.6 Å².